The predicted molar refractivity (Wildman–Crippen MR) is 148 cm³/mol. The molecule has 5 rings (SSSR count). The smallest absolute Gasteiger partial charge is 0.420 e. The van der Waals surface area contributed by atoms with E-state index in [2.05, 4.69) is 9.36 Å². The van der Waals surface area contributed by atoms with Crippen LogP contribution >= 0.6 is 11.5 Å². The fourth-order valence-electron chi connectivity index (χ4n) is 4.50. The van der Waals surface area contributed by atoms with Gasteiger partial charge in [-0.15, -0.1) is 0 Å². The molecule has 1 atom stereocenters. The van der Waals surface area contributed by atoms with Crippen molar-refractivity contribution in [3.63, 3.8) is 0 Å². The Morgan fingerprint density at radius 2 is 1.92 bits per heavy atom. The van der Waals surface area contributed by atoms with Crippen LogP contribution in [0.1, 0.15) is 29.2 Å². The van der Waals surface area contributed by atoms with Gasteiger partial charge in [0.1, 0.15) is 12.1 Å². The Morgan fingerprint density at radius 3 is 2.59 bits per heavy atom. The minimum Gasteiger partial charge on any atom is -0.497 e. The van der Waals surface area contributed by atoms with Crippen LogP contribution in [0.5, 0.6) is 5.75 Å². The van der Waals surface area contributed by atoms with E-state index in [9.17, 15) is 18.3 Å². The molecule has 0 spiro atoms. The van der Waals surface area contributed by atoms with E-state index in [0.717, 1.165) is 28.2 Å². The second-order valence-electron chi connectivity index (χ2n) is 8.83. The van der Waals surface area contributed by atoms with Crippen molar-refractivity contribution >= 4 is 37.8 Å². The highest BCUT2D eigenvalue weighted by atomic mass is 32.2. The summed E-state index contributed by atoms with van der Waals surface area (Å²) >= 11 is 0.962. The Hall–Kier alpha value is -4.00. The molecule has 0 radical (unpaired) electrons. The number of nitrogens with zero attached hydrogens (tertiary/aromatic N) is 4. The van der Waals surface area contributed by atoms with Crippen molar-refractivity contribution in [1.29, 1.82) is 0 Å². The summed E-state index contributed by atoms with van der Waals surface area (Å²) in [7, 11) is -2.56. The Kier molecular flexibility index (Phi) is 7.51. The first-order valence-electron chi connectivity index (χ1n) is 12.1. The number of hydrogen-bond acceptors (Lipinski definition) is 9. The number of fused-ring (bicyclic) bond motifs is 1. The zero-order valence-corrected chi connectivity index (χ0v) is 22.9. The van der Waals surface area contributed by atoms with Crippen LogP contribution in [0, 0.1) is 6.92 Å². The predicted octanol–water partition coefficient (Wildman–Crippen LogP) is 4.13. The molecule has 0 unspecified atom stereocenters. The molecule has 1 N–H and O–H groups in total. The first-order chi connectivity index (χ1) is 18.8. The van der Waals surface area contributed by atoms with E-state index in [-0.39, 0.29) is 35.2 Å². The van der Waals surface area contributed by atoms with Crippen LogP contribution in [0.4, 0.5) is 5.13 Å². The molecule has 5 aromatic rings. The minimum atomic E-state index is -4.13. The normalized spacial score (nSPS) is 12.5. The largest absolute Gasteiger partial charge is 0.497 e. The van der Waals surface area contributed by atoms with Gasteiger partial charge in [0.15, 0.2) is 5.58 Å². The number of rotatable bonds is 10. The molecule has 2 heterocycles. The van der Waals surface area contributed by atoms with Crippen molar-refractivity contribution in [3.05, 3.63) is 100 Å². The maximum atomic E-state index is 13.9. The lowest BCUT2D eigenvalue weighted by Gasteiger charge is -2.22. The van der Waals surface area contributed by atoms with Gasteiger partial charge in [0.25, 0.3) is 10.0 Å². The zero-order valence-electron chi connectivity index (χ0n) is 21.2. The number of aliphatic hydroxyl groups is 1. The van der Waals surface area contributed by atoms with E-state index < -0.39 is 21.8 Å². The number of hydrogen-bond donors (Lipinski definition) is 1. The molecular weight excluding hydrogens is 540 g/mol. The van der Waals surface area contributed by atoms with Gasteiger partial charge in [0.05, 0.1) is 30.1 Å². The lowest BCUT2D eigenvalue weighted by atomic mass is 10.0. The van der Waals surface area contributed by atoms with E-state index in [1.807, 2.05) is 49.4 Å². The molecular formula is C27H26N4O6S2. The summed E-state index contributed by atoms with van der Waals surface area (Å²) in [5.41, 5.74) is 2.99. The molecule has 10 nitrogen and oxygen atoms in total. The summed E-state index contributed by atoms with van der Waals surface area (Å²) in [6, 6.07) is 18.6. The zero-order chi connectivity index (χ0) is 27.6. The number of oxazole rings is 1. The van der Waals surface area contributed by atoms with E-state index in [1.54, 1.807) is 19.2 Å². The standard InChI is InChI=1S/C27H26N4O6S2/c1-18-14-21(36-2)9-8-20(18)16-30(26-28-17-29-38-26)39(34,35)22-10-11-24-25(15-22)37-27(33)31(24)23(12-13-32)19-6-4-3-5-7-19/h3-11,14-15,17,23,32H,12-13,16H2,1-2H3/t23-/m1/s1. The molecule has 0 aliphatic carbocycles. The molecule has 0 fully saturated rings. The number of aromatic nitrogens is 3. The molecule has 0 aliphatic rings. The summed E-state index contributed by atoms with van der Waals surface area (Å²) in [4.78, 5) is 17.1. The van der Waals surface area contributed by atoms with Crippen molar-refractivity contribution in [3.8, 4) is 5.75 Å². The van der Waals surface area contributed by atoms with Crippen LogP contribution in [0.2, 0.25) is 0 Å². The van der Waals surface area contributed by atoms with Crippen molar-refractivity contribution < 1.29 is 22.7 Å². The summed E-state index contributed by atoms with van der Waals surface area (Å²) in [5.74, 6) is 0.0262. The number of ether oxygens (including phenoxy) is 1. The number of benzene rings is 3. The van der Waals surface area contributed by atoms with Crippen LogP contribution < -0.4 is 14.8 Å². The molecule has 0 saturated carbocycles. The summed E-state index contributed by atoms with van der Waals surface area (Å²) in [5, 5.41) is 9.89. The lowest BCUT2D eigenvalue weighted by molar-refractivity contribution is 0.266. The fourth-order valence-corrected chi connectivity index (χ4v) is 6.65. The van der Waals surface area contributed by atoms with Gasteiger partial charge in [-0.25, -0.2) is 22.5 Å². The first-order valence-corrected chi connectivity index (χ1v) is 14.3. The molecule has 0 bridgehead atoms. The molecule has 2 aromatic heterocycles. The van der Waals surface area contributed by atoms with Gasteiger partial charge in [0.2, 0.25) is 5.13 Å². The van der Waals surface area contributed by atoms with E-state index in [1.165, 1.54) is 27.3 Å². The maximum Gasteiger partial charge on any atom is 0.420 e. The molecule has 202 valence electrons. The highest BCUT2D eigenvalue weighted by Crippen LogP contribution is 2.31. The number of aliphatic hydroxyl groups excluding tert-OH is 1. The van der Waals surface area contributed by atoms with Crippen LogP contribution in [-0.2, 0) is 16.6 Å². The second kappa shape index (κ2) is 11.0. The third-order valence-corrected chi connectivity index (χ3v) is 9.03. The first kappa shape index (κ1) is 26.6. The fraction of sp³-hybridized carbons (Fsp3) is 0.222. The van der Waals surface area contributed by atoms with Gasteiger partial charge in [-0.1, -0.05) is 36.4 Å². The molecule has 0 saturated heterocycles. The van der Waals surface area contributed by atoms with E-state index >= 15 is 0 Å². The molecule has 0 amide bonds. The van der Waals surface area contributed by atoms with Crippen molar-refractivity contribution in [1.82, 2.24) is 13.9 Å². The van der Waals surface area contributed by atoms with Crippen LogP contribution in [-0.4, -0.2) is 41.2 Å². The average molecular weight is 567 g/mol. The van der Waals surface area contributed by atoms with Crippen molar-refractivity contribution in [2.75, 3.05) is 18.0 Å². The van der Waals surface area contributed by atoms with Crippen LogP contribution in [0.15, 0.2) is 87.2 Å². The summed E-state index contributed by atoms with van der Waals surface area (Å²) < 4.78 is 45.3. The average Bonchev–Trinajstić information content (AvgIpc) is 3.58. The van der Waals surface area contributed by atoms with Crippen LogP contribution in [0.25, 0.3) is 11.1 Å². The Bertz CT molecular complexity index is 1750. The quantitative estimate of drug-likeness (QED) is 0.267. The Morgan fingerprint density at radius 1 is 1.13 bits per heavy atom. The SMILES string of the molecule is COc1ccc(CN(c2ncns2)S(=O)(=O)c2ccc3c(c2)oc(=O)n3[C@H](CCO)c2ccccc2)c(C)c1. The molecule has 12 heteroatoms. The lowest BCUT2D eigenvalue weighted by Crippen LogP contribution is -2.30. The highest BCUT2D eigenvalue weighted by Gasteiger charge is 2.30. The number of sulfonamides is 1. The number of methoxy groups -OCH3 is 1. The summed E-state index contributed by atoms with van der Waals surface area (Å²) in [6.45, 7) is 1.75. The molecule has 3 aromatic carbocycles. The van der Waals surface area contributed by atoms with Gasteiger partial charge in [-0.3, -0.25) is 4.57 Å². The van der Waals surface area contributed by atoms with E-state index in [4.69, 9.17) is 9.15 Å². The van der Waals surface area contributed by atoms with Crippen molar-refractivity contribution in [2.24, 2.45) is 0 Å². The van der Waals surface area contributed by atoms with Crippen LogP contribution in [0.3, 0.4) is 0 Å². The Labute approximate surface area is 229 Å². The van der Waals surface area contributed by atoms with Gasteiger partial charge in [-0.05, 0) is 54.3 Å². The van der Waals surface area contributed by atoms with Gasteiger partial charge >= 0.3 is 5.76 Å². The monoisotopic (exact) mass is 566 g/mol. The van der Waals surface area contributed by atoms with E-state index in [0.29, 0.717) is 11.3 Å². The third-order valence-electron chi connectivity index (χ3n) is 6.50. The Balaban J connectivity index is 1.57. The third kappa shape index (κ3) is 5.18. The number of aryl methyl sites for hydroxylation is 1. The highest BCUT2D eigenvalue weighted by molar-refractivity contribution is 7.93. The van der Waals surface area contributed by atoms with Gasteiger partial charge in [-0.2, -0.15) is 4.37 Å². The second-order valence-corrected chi connectivity index (χ2v) is 11.5. The maximum absolute atomic E-state index is 13.9. The van der Waals surface area contributed by atoms with Crippen molar-refractivity contribution in [2.45, 2.75) is 30.8 Å². The molecule has 0 aliphatic heterocycles. The minimum absolute atomic E-state index is 0.0168. The van der Waals surface area contributed by atoms with Gasteiger partial charge < -0.3 is 14.3 Å². The summed E-state index contributed by atoms with van der Waals surface area (Å²) in [6.07, 6.45) is 1.58. The number of anilines is 1. The molecule has 39 heavy (non-hydrogen) atoms. The van der Waals surface area contributed by atoms with Gasteiger partial charge in [0, 0.05) is 24.2 Å². The topological polar surface area (TPSA) is 128 Å².